The molecule has 2 rings (SSSR count). The first-order valence-corrected chi connectivity index (χ1v) is 8.41. The number of thiophene rings is 1. The second-order valence-electron chi connectivity index (χ2n) is 5.27. The molecule has 0 saturated carbocycles. The summed E-state index contributed by atoms with van der Waals surface area (Å²) in [5.74, 6) is -0.179. The average molecular weight is 348 g/mol. The highest BCUT2D eigenvalue weighted by molar-refractivity contribution is 7.16. The number of carbonyl (C=O) groups is 1. The van der Waals surface area contributed by atoms with Crippen molar-refractivity contribution in [3.05, 3.63) is 50.9 Å². The van der Waals surface area contributed by atoms with Gasteiger partial charge in [-0.3, -0.25) is 4.79 Å². The maximum Gasteiger partial charge on any atom is 0.238 e. The fraction of sp³-hybridized carbons (Fsp3) is 0.294. The number of benzene rings is 1. The Balaban J connectivity index is 1.97. The molecule has 0 aliphatic carbocycles. The number of anilines is 1. The molecule has 0 aliphatic rings. The standard InChI is InChI=1S/C17H18ClN3OS/c1-10-12(3)23-17(14(10)8-19)21-16(22)9-20-11(2)13-6-4-5-7-15(13)18/h4-7,11,20H,9H2,1-3H3,(H,21,22). The van der Waals surface area contributed by atoms with E-state index in [1.54, 1.807) is 0 Å². The molecule has 0 spiro atoms. The van der Waals surface area contributed by atoms with Gasteiger partial charge in [0.05, 0.1) is 12.1 Å². The summed E-state index contributed by atoms with van der Waals surface area (Å²) in [7, 11) is 0. The molecule has 1 heterocycles. The maximum absolute atomic E-state index is 12.1. The fourth-order valence-corrected chi connectivity index (χ4v) is 3.53. The Labute approximate surface area is 145 Å². The van der Waals surface area contributed by atoms with Gasteiger partial charge in [-0.25, -0.2) is 0 Å². The van der Waals surface area contributed by atoms with Gasteiger partial charge in [-0.15, -0.1) is 11.3 Å². The minimum absolute atomic E-state index is 0.0447. The predicted molar refractivity (Wildman–Crippen MR) is 95.0 cm³/mol. The van der Waals surface area contributed by atoms with Gasteiger partial charge in [0.15, 0.2) is 0 Å². The monoisotopic (exact) mass is 347 g/mol. The van der Waals surface area contributed by atoms with Gasteiger partial charge >= 0.3 is 0 Å². The number of nitrogens with one attached hydrogen (secondary N) is 2. The molecule has 2 aromatic rings. The third-order valence-corrected chi connectivity index (χ3v) is 5.16. The van der Waals surface area contributed by atoms with Crippen molar-refractivity contribution in [2.75, 3.05) is 11.9 Å². The Bertz CT molecular complexity index is 764. The topological polar surface area (TPSA) is 64.9 Å². The van der Waals surface area contributed by atoms with E-state index < -0.39 is 0 Å². The zero-order chi connectivity index (χ0) is 17.0. The summed E-state index contributed by atoms with van der Waals surface area (Å²) in [5.41, 5.74) is 2.41. The van der Waals surface area contributed by atoms with Crippen molar-refractivity contribution in [2.45, 2.75) is 26.8 Å². The summed E-state index contributed by atoms with van der Waals surface area (Å²) in [6.45, 7) is 5.92. The Morgan fingerprint density at radius 2 is 2.09 bits per heavy atom. The zero-order valence-corrected chi connectivity index (χ0v) is 14.8. The minimum Gasteiger partial charge on any atom is -0.315 e. The van der Waals surface area contributed by atoms with Crippen LogP contribution in [-0.2, 0) is 4.79 Å². The van der Waals surface area contributed by atoms with E-state index in [4.69, 9.17) is 11.6 Å². The lowest BCUT2D eigenvalue weighted by Crippen LogP contribution is -2.30. The minimum atomic E-state index is -0.179. The highest BCUT2D eigenvalue weighted by Gasteiger charge is 2.15. The van der Waals surface area contributed by atoms with Crippen LogP contribution in [0.1, 0.15) is 34.5 Å². The number of rotatable bonds is 5. The van der Waals surface area contributed by atoms with Crippen LogP contribution in [0, 0.1) is 25.2 Å². The van der Waals surface area contributed by atoms with Gasteiger partial charge in [0.2, 0.25) is 5.91 Å². The first-order chi connectivity index (χ1) is 10.9. The fourth-order valence-electron chi connectivity index (χ4n) is 2.20. The van der Waals surface area contributed by atoms with Crippen LogP contribution in [0.3, 0.4) is 0 Å². The van der Waals surface area contributed by atoms with Crippen LogP contribution < -0.4 is 10.6 Å². The molecule has 0 bridgehead atoms. The molecule has 0 saturated heterocycles. The molecule has 23 heavy (non-hydrogen) atoms. The first-order valence-electron chi connectivity index (χ1n) is 7.21. The molecule has 6 heteroatoms. The smallest absolute Gasteiger partial charge is 0.238 e. The SMILES string of the molecule is Cc1sc(NC(=O)CNC(C)c2ccccc2Cl)c(C#N)c1C. The van der Waals surface area contributed by atoms with E-state index in [0.29, 0.717) is 15.6 Å². The average Bonchev–Trinajstić information content (AvgIpc) is 2.79. The molecule has 0 radical (unpaired) electrons. The van der Waals surface area contributed by atoms with E-state index in [9.17, 15) is 10.1 Å². The summed E-state index contributed by atoms with van der Waals surface area (Å²) in [6, 6.07) is 9.64. The Morgan fingerprint density at radius 1 is 1.39 bits per heavy atom. The Morgan fingerprint density at radius 3 is 2.74 bits per heavy atom. The summed E-state index contributed by atoms with van der Waals surface area (Å²) < 4.78 is 0. The van der Waals surface area contributed by atoms with Crippen molar-refractivity contribution in [1.82, 2.24) is 5.32 Å². The van der Waals surface area contributed by atoms with E-state index in [-0.39, 0.29) is 18.5 Å². The van der Waals surface area contributed by atoms with E-state index in [1.807, 2.05) is 45.0 Å². The summed E-state index contributed by atoms with van der Waals surface area (Å²) in [5, 5.41) is 16.4. The van der Waals surface area contributed by atoms with Gasteiger partial charge in [-0.2, -0.15) is 5.26 Å². The van der Waals surface area contributed by atoms with Crippen molar-refractivity contribution in [1.29, 1.82) is 5.26 Å². The van der Waals surface area contributed by atoms with Gasteiger partial charge in [0.1, 0.15) is 11.1 Å². The number of hydrogen-bond acceptors (Lipinski definition) is 4. The second-order valence-corrected chi connectivity index (χ2v) is 6.90. The van der Waals surface area contributed by atoms with Crippen LogP contribution in [0.15, 0.2) is 24.3 Å². The molecular weight excluding hydrogens is 330 g/mol. The van der Waals surface area contributed by atoms with E-state index in [2.05, 4.69) is 16.7 Å². The summed E-state index contributed by atoms with van der Waals surface area (Å²) in [6.07, 6.45) is 0. The van der Waals surface area contributed by atoms with Crippen LogP contribution in [0.5, 0.6) is 0 Å². The van der Waals surface area contributed by atoms with Crippen molar-refractivity contribution >= 4 is 33.8 Å². The second kappa shape index (κ2) is 7.60. The summed E-state index contributed by atoms with van der Waals surface area (Å²) in [4.78, 5) is 13.1. The quantitative estimate of drug-likeness (QED) is 0.852. The van der Waals surface area contributed by atoms with Crippen molar-refractivity contribution in [3.63, 3.8) is 0 Å². The molecule has 120 valence electrons. The molecule has 0 aliphatic heterocycles. The number of carbonyl (C=O) groups excluding carboxylic acids is 1. The van der Waals surface area contributed by atoms with Crippen LogP contribution in [0.25, 0.3) is 0 Å². The molecule has 4 nitrogen and oxygen atoms in total. The first kappa shape index (κ1) is 17.5. The molecule has 1 unspecified atom stereocenters. The van der Waals surface area contributed by atoms with Crippen molar-refractivity contribution < 1.29 is 4.79 Å². The van der Waals surface area contributed by atoms with Gasteiger partial charge in [-0.1, -0.05) is 29.8 Å². The highest BCUT2D eigenvalue weighted by atomic mass is 35.5. The number of amides is 1. The molecule has 1 amide bonds. The number of hydrogen-bond donors (Lipinski definition) is 2. The molecular formula is C17H18ClN3OS. The van der Waals surface area contributed by atoms with Gasteiger partial charge in [-0.05, 0) is 38.0 Å². The number of nitrogens with zero attached hydrogens (tertiary/aromatic N) is 1. The highest BCUT2D eigenvalue weighted by Crippen LogP contribution is 2.31. The third-order valence-electron chi connectivity index (χ3n) is 3.69. The molecule has 0 fully saturated rings. The van der Waals surface area contributed by atoms with Gasteiger partial charge in [0.25, 0.3) is 0 Å². The van der Waals surface area contributed by atoms with E-state index >= 15 is 0 Å². The Hall–Kier alpha value is -1.87. The zero-order valence-electron chi connectivity index (χ0n) is 13.2. The van der Waals surface area contributed by atoms with Gasteiger partial charge in [0, 0.05) is 15.9 Å². The van der Waals surface area contributed by atoms with Crippen LogP contribution in [-0.4, -0.2) is 12.5 Å². The summed E-state index contributed by atoms with van der Waals surface area (Å²) >= 11 is 7.57. The lowest BCUT2D eigenvalue weighted by atomic mass is 10.1. The molecule has 1 aromatic heterocycles. The maximum atomic E-state index is 12.1. The van der Waals surface area contributed by atoms with Gasteiger partial charge < -0.3 is 10.6 Å². The molecule has 1 aromatic carbocycles. The Kier molecular flexibility index (Phi) is 5.78. The van der Waals surface area contributed by atoms with Crippen molar-refractivity contribution in [2.24, 2.45) is 0 Å². The number of nitriles is 1. The third kappa shape index (κ3) is 4.11. The predicted octanol–water partition coefficient (Wildman–Crippen LogP) is 4.18. The van der Waals surface area contributed by atoms with Crippen molar-refractivity contribution in [3.8, 4) is 6.07 Å². The lowest BCUT2D eigenvalue weighted by molar-refractivity contribution is -0.115. The van der Waals surface area contributed by atoms with Crippen LogP contribution in [0.2, 0.25) is 5.02 Å². The normalized spacial score (nSPS) is 11.8. The van der Waals surface area contributed by atoms with E-state index in [0.717, 1.165) is 16.0 Å². The molecule has 2 N–H and O–H groups in total. The number of halogens is 1. The molecule has 1 atom stereocenters. The van der Waals surface area contributed by atoms with Crippen LogP contribution in [0.4, 0.5) is 5.00 Å². The van der Waals surface area contributed by atoms with Crippen LogP contribution >= 0.6 is 22.9 Å². The van der Waals surface area contributed by atoms with E-state index in [1.165, 1.54) is 11.3 Å². The number of aryl methyl sites for hydroxylation is 1. The lowest BCUT2D eigenvalue weighted by Gasteiger charge is -2.15. The largest absolute Gasteiger partial charge is 0.315 e.